The van der Waals surface area contributed by atoms with E-state index in [4.69, 9.17) is 9.47 Å². The van der Waals surface area contributed by atoms with Crippen LogP contribution in [-0.2, 0) is 0 Å². The molecule has 0 atom stereocenters. The molecule has 2 heterocycles. The van der Waals surface area contributed by atoms with E-state index in [1.54, 1.807) is 18.2 Å². The van der Waals surface area contributed by atoms with Crippen LogP contribution in [0.25, 0.3) is 0 Å². The number of aromatic nitrogens is 1. The second-order valence-electron chi connectivity index (χ2n) is 5.59. The van der Waals surface area contributed by atoms with Crippen molar-refractivity contribution in [2.24, 2.45) is 0 Å². The molecule has 3 aromatic rings. The maximum absolute atomic E-state index is 13.2. The van der Waals surface area contributed by atoms with Crippen LogP contribution >= 0.6 is 0 Å². The lowest BCUT2D eigenvalue weighted by atomic mass is 10.2. The van der Waals surface area contributed by atoms with Crippen molar-refractivity contribution in [2.75, 3.05) is 17.4 Å². The molecule has 0 unspecified atom stereocenters. The number of amides is 1. The van der Waals surface area contributed by atoms with Gasteiger partial charge in [-0.1, -0.05) is 6.07 Å². The third-order valence-corrected chi connectivity index (χ3v) is 3.75. The van der Waals surface area contributed by atoms with Crippen LogP contribution in [0, 0.1) is 5.82 Å². The Kier molecular flexibility index (Phi) is 4.10. The van der Waals surface area contributed by atoms with Gasteiger partial charge in [0.05, 0.1) is 5.56 Å². The Hall–Kier alpha value is -3.61. The second-order valence-corrected chi connectivity index (χ2v) is 5.59. The van der Waals surface area contributed by atoms with Crippen molar-refractivity contribution in [1.29, 1.82) is 0 Å². The number of halogens is 1. The van der Waals surface area contributed by atoms with Crippen LogP contribution in [0.5, 0.6) is 11.5 Å². The van der Waals surface area contributed by atoms with Crippen LogP contribution in [0.4, 0.5) is 21.6 Å². The lowest BCUT2D eigenvalue weighted by Gasteiger charge is -2.08. The topological polar surface area (TPSA) is 72.5 Å². The first-order valence-corrected chi connectivity index (χ1v) is 7.87. The van der Waals surface area contributed by atoms with Crippen molar-refractivity contribution in [3.05, 3.63) is 72.2 Å². The summed E-state index contributed by atoms with van der Waals surface area (Å²) in [6, 6.07) is 14.5. The van der Waals surface area contributed by atoms with Gasteiger partial charge in [-0.3, -0.25) is 4.79 Å². The van der Waals surface area contributed by atoms with Crippen LogP contribution in [0.3, 0.4) is 0 Å². The van der Waals surface area contributed by atoms with E-state index in [2.05, 4.69) is 15.6 Å². The van der Waals surface area contributed by atoms with Crippen molar-refractivity contribution in [1.82, 2.24) is 4.98 Å². The summed E-state index contributed by atoms with van der Waals surface area (Å²) in [7, 11) is 0. The molecule has 2 aromatic carbocycles. The number of carbonyl (C=O) groups excluding carboxylic acids is 1. The molecule has 0 saturated carbocycles. The zero-order valence-electron chi connectivity index (χ0n) is 13.5. The number of hydrogen-bond donors (Lipinski definition) is 2. The number of pyridine rings is 1. The average Bonchev–Trinajstić information content (AvgIpc) is 3.10. The molecule has 130 valence electrons. The molecule has 0 bridgehead atoms. The molecule has 0 aliphatic carbocycles. The highest BCUT2D eigenvalue weighted by atomic mass is 19.1. The Labute approximate surface area is 148 Å². The summed E-state index contributed by atoms with van der Waals surface area (Å²) < 4.78 is 23.8. The Balaban J connectivity index is 1.44. The van der Waals surface area contributed by atoms with E-state index in [9.17, 15) is 9.18 Å². The van der Waals surface area contributed by atoms with E-state index in [-0.39, 0.29) is 12.7 Å². The molecule has 1 aliphatic rings. The number of nitrogens with zero attached hydrogens (tertiary/aromatic N) is 1. The summed E-state index contributed by atoms with van der Waals surface area (Å²) in [4.78, 5) is 16.4. The lowest BCUT2D eigenvalue weighted by Crippen LogP contribution is -2.12. The molecule has 1 aliphatic heterocycles. The summed E-state index contributed by atoms with van der Waals surface area (Å²) in [5.41, 5.74) is 1.54. The number of anilines is 3. The first-order chi connectivity index (χ1) is 12.7. The fraction of sp³-hybridized carbons (Fsp3) is 0.0526. The van der Waals surface area contributed by atoms with Gasteiger partial charge in [0.1, 0.15) is 11.6 Å². The van der Waals surface area contributed by atoms with Gasteiger partial charge in [0.25, 0.3) is 5.91 Å². The minimum Gasteiger partial charge on any atom is -0.454 e. The summed E-state index contributed by atoms with van der Waals surface area (Å²) >= 11 is 0. The minimum absolute atomic E-state index is 0.214. The highest BCUT2D eigenvalue weighted by Crippen LogP contribution is 2.34. The molecule has 1 aromatic heterocycles. The van der Waals surface area contributed by atoms with E-state index < -0.39 is 5.82 Å². The molecule has 4 rings (SSSR count). The third kappa shape index (κ3) is 3.41. The normalized spacial score (nSPS) is 11.9. The van der Waals surface area contributed by atoms with Crippen LogP contribution in [-0.4, -0.2) is 17.7 Å². The molecular formula is C19H14FN3O3. The van der Waals surface area contributed by atoms with Crippen LogP contribution in [0.15, 0.2) is 60.8 Å². The van der Waals surface area contributed by atoms with Gasteiger partial charge in [0, 0.05) is 23.6 Å². The molecule has 2 N–H and O–H groups in total. The lowest BCUT2D eigenvalue weighted by molar-refractivity contribution is 0.102. The smallest absolute Gasteiger partial charge is 0.257 e. The highest BCUT2D eigenvalue weighted by Gasteiger charge is 2.13. The SMILES string of the molecule is O=C(Nc1cccc(F)c1)c1ccc(Nc2ccc3c(c2)OCO3)nc1. The standard InChI is InChI=1S/C19H14FN3O3/c20-13-2-1-3-14(8-13)23-19(24)12-4-7-18(21-10-12)22-15-5-6-16-17(9-15)26-11-25-16/h1-10H,11H2,(H,21,22)(H,23,24). The maximum atomic E-state index is 13.2. The fourth-order valence-electron chi connectivity index (χ4n) is 2.49. The number of rotatable bonds is 4. The van der Waals surface area contributed by atoms with Crippen LogP contribution in [0.1, 0.15) is 10.4 Å². The maximum Gasteiger partial charge on any atom is 0.257 e. The number of benzene rings is 2. The first-order valence-electron chi connectivity index (χ1n) is 7.87. The van der Waals surface area contributed by atoms with Gasteiger partial charge >= 0.3 is 0 Å². The number of hydrogen-bond acceptors (Lipinski definition) is 5. The Morgan fingerprint density at radius 1 is 1.00 bits per heavy atom. The Morgan fingerprint density at radius 3 is 2.69 bits per heavy atom. The summed E-state index contributed by atoms with van der Waals surface area (Å²) in [6.07, 6.45) is 1.45. The van der Waals surface area contributed by atoms with Gasteiger partial charge in [0.2, 0.25) is 6.79 Å². The molecule has 7 heteroatoms. The largest absolute Gasteiger partial charge is 0.454 e. The van der Waals surface area contributed by atoms with E-state index >= 15 is 0 Å². The molecule has 0 saturated heterocycles. The summed E-state index contributed by atoms with van der Waals surface area (Å²) in [6.45, 7) is 0.214. The number of carbonyl (C=O) groups is 1. The fourth-order valence-corrected chi connectivity index (χ4v) is 2.49. The van der Waals surface area contributed by atoms with Gasteiger partial charge in [-0.2, -0.15) is 0 Å². The van der Waals surface area contributed by atoms with Crippen molar-refractivity contribution < 1.29 is 18.7 Å². The zero-order chi connectivity index (χ0) is 17.9. The Bertz CT molecular complexity index is 960. The third-order valence-electron chi connectivity index (χ3n) is 3.75. The van der Waals surface area contributed by atoms with Crippen molar-refractivity contribution in [3.63, 3.8) is 0 Å². The molecular weight excluding hydrogens is 337 g/mol. The van der Waals surface area contributed by atoms with Gasteiger partial charge in [0.15, 0.2) is 11.5 Å². The highest BCUT2D eigenvalue weighted by molar-refractivity contribution is 6.04. The minimum atomic E-state index is -0.413. The number of nitrogens with one attached hydrogen (secondary N) is 2. The molecule has 0 radical (unpaired) electrons. The predicted octanol–water partition coefficient (Wildman–Crippen LogP) is 3.95. The molecule has 0 fully saturated rings. The van der Waals surface area contributed by atoms with Gasteiger partial charge in [-0.25, -0.2) is 9.37 Å². The predicted molar refractivity (Wildman–Crippen MR) is 94.4 cm³/mol. The molecule has 26 heavy (non-hydrogen) atoms. The van der Waals surface area contributed by atoms with E-state index in [0.717, 1.165) is 5.69 Å². The zero-order valence-corrected chi connectivity index (χ0v) is 13.5. The Morgan fingerprint density at radius 2 is 1.88 bits per heavy atom. The average molecular weight is 351 g/mol. The van der Waals surface area contributed by atoms with Gasteiger partial charge in [-0.05, 0) is 42.5 Å². The van der Waals surface area contributed by atoms with E-state index in [1.165, 1.54) is 24.4 Å². The summed E-state index contributed by atoms with van der Waals surface area (Å²) in [5, 5.41) is 5.76. The van der Waals surface area contributed by atoms with Crippen molar-refractivity contribution in [3.8, 4) is 11.5 Å². The molecule has 0 spiro atoms. The molecule has 6 nitrogen and oxygen atoms in total. The quantitative estimate of drug-likeness (QED) is 0.745. The van der Waals surface area contributed by atoms with E-state index in [0.29, 0.717) is 28.6 Å². The van der Waals surface area contributed by atoms with E-state index in [1.807, 2.05) is 18.2 Å². The summed E-state index contributed by atoms with van der Waals surface area (Å²) in [5.74, 6) is 1.17. The van der Waals surface area contributed by atoms with Gasteiger partial charge in [-0.15, -0.1) is 0 Å². The van der Waals surface area contributed by atoms with Gasteiger partial charge < -0.3 is 20.1 Å². The number of fused-ring (bicyclic) bond motifs is 1. The van der Waals surface area contributed by atoms with Crippen molar-refractivity contribution in [2.45, 2.75) is 0 Å². The monoisotopic (exact) mass is 351 g/mol. The van der Waals surface area contributed by atoms with Crippen LogP contribution < -0.4 is 20.1 Å². The van der Waals surface area contributed by atoms with Crippen molar-refractivity contribution >= 4 is 23.1 Å². The number of ether oxygens (including phenoxy) is 2. The molecule has 1 amide bonds. The first kappa shape index (κ1) is 15.9. The van der Waals surface area contributed by atoms with Crippen LogP contribution in [0.2, 0.25) is 0 Å². The second kappa shape index (κ2) is 6.72.